The van der Waals surface area contributed by atoms with Crippen LogP contribution >= 0.6 is 0 Å². The Morgan fingerprint density at radius 1 is 1.24 bits per heavy atom. The Kier molecular flexibility index (Phi) is 6.04. The fraction of sp³-hybridized carbons (Fsp3) is 0.722. The largest absolute Gasteiger partial charge is 0.357 e. The summed E-state index contributed by atoms with van der Waals surface area (Å²) in [5, 5.41) is 3.43. The smallest absolute Gasteiger partial charge is 0.128 e. The van der Waals surface area contributed by atoms with Crippen LogP contribution in [0.15, 0.2) is 18.3 Å². The summed E-state index contributed by atoms with van der Waals surface area (Å²) in [6.45, 7) is 7.64. The summed E-state index contributed by atoms with van der Waals surface area (Å²) in [6, 6.07) is 5.43. The molecule has 1 aromatic heterocycles. The van der Waals surface area contributed by atoms with E-state index in [1.807, 2.05) is 6.20 Å². The molecule has 0 radical (unpaired) electrons. The molecule has 1 atom stereocenters. The van der Waals surface area contributed by atoms with Gasteiger partial charge in [0.1, 0.15) is 5.82 Å². The van der Waals surface area contributed by atoms with E-state index in [0.29, 0.717) is 12.1 Å². The summed E-state index contributed by atoms with van der Waals surface area (Å²) in [4.78, 5) is 7.06. The van der Waals surface area contributed by atoms with Crippen molar-refractivity contribution in [1.29, 1.82) is 0 Å². The van der Waals surface area contributed by atoms with Crippen molar-refractivity contribution < 1.29 is 0 Å². The topological polar surface area (TPSA) is 28.2 Å². The molecule has 118 valence electrons. The molecule has 2 rings (SSSR count). The highest BCUT2D eigenvalue weighted by molar-refractivity contribution is 5.40. The third kappa shape index (κ3) is 4.19. The van der Waals surface area contributed by atoms with E-state index in [4.69, 9.17) is 0 Å². The Morgan fingerprint density at radius 3 is 2.48 bits per heavy atom. The van der Waals surface area contributed by atoms with Crippen molar-refractivity contribution in [2.75, 3.05) is 18.5 Å². The molecule has 1 aliphatic carbocycles. The second-order valence-electron chi connectivity index (χ2n) is 6.42. The average molecular weight is 289 g/mol. The zero-order chi connectivity index (χ0) is 15.2. The normalized spacial score (nSPS) is 23.8. The predicted octanol–water partition coefficient (Wildman–Crippen LogP) is 4.16. The van der Waals surface area contributed by atoms with E-state index in [-0.39, 0.29) is 0 Å². The van der Waals surface area contributed by atoms with Gasteiger partial charge in [0.2, 0.25) is 0 Å². The molecule has 21 heavy (non-hydrogen) atoms. The second kappa shape index (κ2) is 7.79. The van der Waals surface area contributed by atoms with Crippen molar-refractivity contribution in [1.82, 2.24) is 10.3 Å². The molecular weight excluding hydrogens is 258 g/mol. The van der Waals surface area contributed by atoms with Crippen LogP contribution < -0.4 is 10.2 Å². The summed E-state index contributed by atoms with van der Waals surface area (Å²) in [7, 11) is 2.20. The lowest BCUT2D eigenvalue weighted by molar-refractivity contribution is 0.313. The number of hydrogen-bond acceptors (Lipinski definition) is 3. The average Bonchev–Trinajstić information content (AvgIpc) is 2.54. The van der Waals surface area contributed by atoms with Crippen LogP contribution in [-0.4, -0.2) is 24.6 Å². The van der Waals surface area contributed by atoms with E-state index in [9.17, 15) is 0 Å². The van der Waals surface area contributed by atoms with Crippen LogP contribution in [0.3, 0.4) is 0 Å². The molecule has 0 bridgehead atoms. The van der Waals surface area contributed by atoms with E-state index in [2.05, 4.69) is 55.2 Å². The van der Waals surface area contributed by atoms with Gasteiger partial charge in [-0.1, -0.05) is 26.3 Å². The number of pyridine rings is 1. The Labute approximate surface area is 130 Å². The van der Waals surface area contributed by atoms with Gasteiger partial charge in [-0.25, -0.2) is 4.98 Å². The molecule has 1 saturated carbocycles. The van der Waals surface area contributed by atoms with Gasteiger partial charge in [-0.05, 0) is 56.7 Å². The summed E-state index contributed by atoms with van der Waals surface area (Å²) >= 11 is 0. The maximum Gasteiger partial charge on any atom is 0.128 e. The molecule has 1 N–H and O–H groups in total. The highest BCUT2D eigenvalue weighted by Crippen LogP contribution is 2.30. The van der Waals surface area contributed by atoms with Gasteiger partial charge >= 0.3 is 0 Å². The summed E-state index contributed by atoms with van der Waals surface area (Å²) < 4.78 is 0. The van der Waals surface area contributed by atoms with Gasteiger partial charge < -0.3 is 10.2 Å². The molecule has 0 amide bonds. The number of anilines is 1. The maximum atomic E-state index is 4.68. The van der Waals surface area contributed by atoms with Gasteiger partial charge in [0.25, 0.3) is 0 Å². The lowest BCUT2D eigenvalue weighted by atomic mass is 9.84. The van der Waals surface area contributed by atoms with Crippen LogP contribution in [0.25, 0.3) is 0 Å². The van der Waals surface area contributed by atoms with Gasteiger partial charge in [-0.3, -0.25) is 0 Å². The SMILES string of the molecule is CCNC(C)c1ccc(N(C)C2CCC(CC)CC2)nc1. The molecule has 1 fully saturated rings. The third-order valence-corrected chi connectivity index (χ3v) is 5.08. The first-order valence-electron chi connectivity index (χ1n) is 8.57. The highest BCUT2D eigenvalue weighted by atomic mass is 15.2. The molecule has 0 aromatic carbocycles. The molecule has 0 spiro atoms. The lowest BCUT2D eigenvalue weighted by Gasteiger charge is -2.35. The Bertz CT molecular complexity index is 407. The number of nitrogens with one attached hydrogen (secondary N) is 1. The van der Waals surface area contributed by atoms with Crippen LogP contribution in [0.4, 0.5) is 5.82 Å². The second-order valence-corrected chi connectivity index (χ2v) is 6.42. The van der Waals surface area contributed by atoms with Crippen molar-refractivity contribution >= 4 is 5.82 Å². The third-order valence-electron chi connectivity index (χ3n) is 5.08. The molecule has 0 aliphatic heterocycles. The van der Waals surface area contributed by atoms with Crippen LogP contribution in [-0.2, 0) is 0 Å². The van der Waals surface area contributed by atoms with E-state index in [1.165, 1.54) is 37.7 Å². The number of nitrogens with zero attached hydrogens (tertiary/aromatic N) is 2. The Hall–Kier alpha value is -1.09. The molecule has 1 aromatic rings. The summed E-state index contributed by atoms with van der Waals surface area (Å²) in [5.74, 6) is 2.06. The van der Waals surface area contributed by atoms with Crippen LogP contribution in [0.2, 0.25) is 0 Å². The standard InChI is InChI=1S/C18H31N3/c1-5-15-7-10-17(11-8-15)21(4)18-12-9-16(13-20-18)14(3)19-6-2/h9,12-15,17,19H,5-8,10-11H2,1-4H3. The first-order valence-corrected chi connectivity index (χ1v) is 8.57. The summed E-state index contributed by atoms with van der Waals surface area (Å²) in [5.41, 5.74) is 1.27. The number of hydrogen-bond donors (Lipinski definition) is 1. The van der Waals surface area contributed by atoms with Gasteiger partial charge in [0.15, 0.2) is 0 Å². The van der Waals surface area contributed by atoms with Crippen molar-refractivity contribution in [2.45, 2.75) is 65.0 Å². The van der Waals surface area contributed by atoms with E-state index >= 15 is 0 Å². The monoisotopic (exact) mass is 289 g/mol. The molecule has 1 aliphatic rings. The quantitative estimate of drug-likeness (QED) is 0.852. The molecule has 1 heterocycles. The first-order chi connectivity index (χ1) is 10.2. The minimum absolute atomic E-state index is 0.377. The maximum absolute atomic E-state index is 4.68. The minimum atomic E-state index is 0.377. The zero-order valence-electron chi connectivity index (χ0n) is 14.1. The molecule has 1 unspecified atom stereocenters. The fourth-order valence-electron chi connectivity index (χ4n) is 3.41. The van der Waals surface area contributed by atoms with Gasteiger partial charge in [0, 0.05) is 25.3 Å². The number of rotatable bonds is 6. The highest BCUT2D eigenvalue weighted by Gasteiger charge is 2.23. The van der Waals surface area contributed by atoms with E-state index < -0.39 is 0 Å². The van der Waals surface area contributed by atoms with Gasteiger partial charge in [-0.15, -0.1) is 0 Å². The molecule has 3 heteroatoms. The van der Waals surface area contributed by atoms with Crippen molar-refractivity contribution in [3.05, 3.63) is 23.9 Å². The van der Waals surface area contributed by atoms with Gasteiger partial charge in [0.05, 0.1) is 0 Å². The zero-order valence-corrected chi connectivity index (χ0v) is 14.1. The molecule has 0 saturated heterocycles. The van der Waals surface area contributed by atoms with E-state index in [1.54, 1.807) is 0 Å². The van der Waals surface area contributed by atoms with E-state index in [0.717, 1.165) is 18.3 Å². The Morgan fingerprint density at radius 2 is 1.95 bits per heavy atom. The van der Waals surface area contributed by atoms with Crippen molar-refractivity contribution in [3.63, 3.8) is 0 Å². The van der Waals surface area contributed by atoms with Crippen LogP contribution in [0.5, 0.6) is 0 Å². The Balaban J connectivity index is 1.95. The van der Waals surface area contributed by atoms with Gasteiger partial charge in [-0.2, -0.15) is 0 Å². The van der Waals surface area contributed by atoms with Crippen molar-refractivity contribution in [2.24, 2.45) is 5.92 Å². The first kappa shape index (κ1) is 16.3. The molecular formula is C18H31N3. The van der Waals surface area contributed by atoms with Crippen molar-refractivity contribution in [3.8, 4) is 0 Å². The number of aromatic nitrogens is 1. The molecule has 3 nitrogen and oxygen atoms in total. The predicted molar refractivity (Wildman–Crippen MR) is 90.8 cm³/mol. The minimum Gasteiger partial charge on any atom is -0.357 e. The fourth-order valence-corrected chi connectivity index (χ4v) is 3.41. The summed E-state index contributed by atoms with van der Waals surface area (Å²) in [6.07, 6.45) is 8.74. The van der Waals surface area contributed by atoms with Crippen LogP contribution in [0.1, 0.15) is 64.5 Å². The van der Waals surface area contributed by atoms with Crippen LogP contribution in [0, 0.1) is 5.92 Å². The lowest BCUT2D eigenvalue weighted by Crippen LogP contribution is -2.35.